The van der Waals surface area contributed by atoms with Crippen LogP contribution in [0.25, 0.3) is 10.8 Å². The minimum Gasteiger partial charge on any atom is -0.317 e. The quantitative estimate of drug-likeness (QED) is 0.821. The molecule has 2 aromatic rings. The lowest BCUT2D eigenvalue weighted by Crippen LogP contribution is -2.21. The molecule has 0 fully saturated rings. The number of rotatable bonds is 4. The van der Waals surface area contributed by atoms with Gasteiger partial charge in [0.05, 0.1) is 0 Å². The molecule has 1 unspecified atom stereocenters. The van der Waals surface area contributed by atoms with Gasteiger partial charge in [0.15, 0.2) is 0 Å². The third-order valence-corrected chi connectivity index (χ3v) is 3.17. The number of hydrogen-bond donors (Lipinski definition) is 1. The first-order chi connectivity index (χ1) is 7.79. The Kier molecular flexibility index (Phi) is 3.58. The van der Waals surface area contributed by atoms with Gasteiger partial charge in [-0.05, 0) is 43.1 Å². The smallest absolute Gasteiger partial charge is 0.00388 e. The Balaban J connectivity index is 2.13. The van der Waals surface area contributed by atoms with E-state index in [0.717, 1.165) is 6.42 Å². The van der Waals surface area contributed by atoms with Gasteiger partial charge in [-0.15, -0.1) is 0 Å². The molecule has 2 rings (SSSR count). The van der Waals surface area contributed by atoms with Crippen LogP contribution in [0.5, 0.6) is 0 Å². The van der Waals surface area contributed by atoms with Crippen LogP contribution in [-0.4, -0.2) is 13.1 Å². The standard InChI is InChI=1S/C15H19N/c1-12(16-2)7-8-13-9-10-14-5-3-4-6-15(14)11-13/h3-6,9-12,16H,7-8H2,1-2H3. The van der Waals surface area contributed by atoms with Gasteiger partial charge in [-0.3, -0.25) is 0 Å². The zero-order chi connectivity index (χ0) is 11.4. The first kappa shape index (κ1) is 11.2. The van der Waals surface area contributed by atoms with Crippen molar-refractivity contribution in [2.45, 2.75) is 25.8 Å². The Morgan fingerprint density at radius 3 is 2.56 bits per heavy atom. The molecule has 84 valence electrons. The molecule has 0 aromatic heterocycles. The second-order valence-corrected chi connectivity index (χ2v) is 4.41. The average Bonchev–Trinajstić information content (AvgIpc) is 2.35. The first-order valence-corrected chi connectivity index (χ1v) is 5.94. The number of benzene rings is 2. The van der Waals surface area contributed by atoms with Crippen LogP contribution < -0.4 is 5.32 Å². The van der Waals surface area contributed by atoms with Crippen LogP contribution >= 0.6 is 0 Å². The minimum absolute atomic E-state index is 0.589. The van der Waals surface area contributed by atoms with E-state index in [4.69, 9.17) is 0 Å². The molecule has 0 aliphatic heterocycles. The van der Waals surface area contributed by atoms with Gasteiger partial charge in [-0.25, -0.2) is 0 Å². The summed E-state index contributed by atoms with van der Waals surface area (Å²) < 4.78 is 0. The van der Waals surface area contributed by atoms with E-state index < -0.39 is 0 Å². The second-order valence-electron chi connectivity index (χ2n) is 4.41. The van der Waals surface area contributed by atoms with Crippen LogP contribution in [0.1, 0.15) is 18.9 Å². The summed E-state index contributed by atoms with van der Waals surface area (Å²) in [6.07, 6.45) is 2.34. The summed E-state index contributed by atoms with van der Waals surface area (Å²) in [6, 6.07) is 15.9. The summed E-state index contributed by atoms with van der Waals surface area (Å²) in [4.78, 5) is 0. The average molecular weight is 213 g/mol. The highest BCUT2D eigenvalue weighted by molar-refractivity contribution is 5.82. The van der Waals surface area contributed by atoms with Crippen LogP contribution in [-0.2, 0) is 6.42 Å². The van der Waals surface area contributed by atoms with E-state index in [9.17, 15) is 0 Å². The fraction of sp³-hybridized carbons (Fsp3) is 0.333. The summed E-state index contributed by atoms with van der Waals surface area (Å²) in [5.41, 5.74) is 1.43. The van der Waals surface area contributed by atoms with Crippen molar-refractivity contribution in [3.05, 3.63) is 48.0 Å². The maximum absolute atomic E-state index is 3.27. The van der Waals surface area contributed by atoms with E-state index in [1.807, 2.05) is 7.05 Å². The lowest BCUT2D eigenvalue weighted by Gasteiger charge is -2.10. The van der Waals surface area contributed by atoms with E-state index in [1.54, 1.807) is 0 Å². The van der Waals surface area contributed by atoms with Gasteiger partial charge >= 0.3 is 0 Å². The molecule has 0 saturated carbocycles. The largest absolute Gasteiger partial charge is 0.317 e. The summed E-state index contributed by atoms with van der Waals surface area (Å²) in [6.45, 7) is 2.22. The number of nitrogens with one attached hydrogen (secondary N) is 1. The van der Waals surface area contributed by atoms with Crippen LogP contribution in [0.3, 0.4) is 0 Å². The molecule has 0 radical (unpaired) electrons. The molecule has 16 heavy (non-hydrogen) atoms. The van der Waals surface area contributed by atoms with E-state index in [1.165, 1.54) is 22.8 Å². The molecule has 0 spiro atoms. The summed E-state index contributed by atoms with van der Waals surface area (Å²) in [5, 5.41) is 5.94. The van der Waals surface area contributed by atoms with Gasteiger partial charge < -0.3 is 5.32 Å². The number of fused-ring (bicyclic) bond motifs is 1. The van der Waals surface area contributed by atoms with Crippen molar-refractivity contribution in [2.24, 2.45) is 0 Å². The van der Waals surface area contributed by atoms with E-state index in [-0.39, 0.29) is 0 Å². The highest BCUT2D eigenvalue weighted by atomic mass is 14.8. The fourth-order valence-corrected chi connectivity index (χ4v) is 1.92. The molecule has 1 atom stereocenters. The third-order valence-electron chi connectivity index (χ3n) is 3.17. The van der Waals surface area contributed by atoms with Crippen LogP contribution in [0.4, 0.5) is 0 Å². The topological polar surface area (TPSA) is 12.0 Å². The van der Waals surface area contributed by atoms with Crippen LogP contribution in [0.2, 0.25) is 0 Å². The Labute approximate surface area is 97.5 Å². The second kappa shape index (κ2) is 5.13. The molecule has 0 heterocycles. The predicted molar refractivity (Wildman–Crippen MR) is 70.8 cm³/mol. The van der Waals surface area contributed by atoms with Crippen LogP contribution in [0.15, 0.2) is 42.5 Å². The maximum atomic E-state index is 3.27. The Hall–Kier alpha value is -1.34. The third kappa shape index (κ3) is 2.61. The Morgan fingerprint density at radius 1 is 1.06 bits per heavy atom. The van der Waals surface area contributed by atoms with Crippen molar-refractivity contribution < 1.29 is 0 Å². The zero-order valence-electron chi connectivity index (χ0n) is 10.0. The SMILES string of the molecule is CNC(C)CCc1ccc2ccccc2c1. The van der Waals surface area contributed by atoms with Crippen LogP contribution in [0, 0.1) is 0 Å². The monoisotopic (exact) mass is 213 g/mol. The minimum atomic E-state index is 0.589. The van der Waals surface area contributed by atoms with E-state index >= 15 is 0 Å². The summed E-state index contributed by atoms with van der Waals surface area (Å²) in [5.74, 6) is 0. The van der Waals surface area contributed by atoms with Crippen molar-refractivity contribution in [3.63, 3.8) is 0 Å². The van der Waals surface area contributed by atoms with Crippen molar-refractivity contribution in [3.8, 4) is 0 Å². The molecule has 0 aliphatic carbocycles. The maximum Gasteiger partial charge on any atom is 0.00388 e. The molecule has 2 aromatic carbocycles. The fourth-order valence-electron chi connectivity index (χ4n) is 1.92. The van der Waals surface area contributed by atoms with Crippen molar-refractivity contribution in [2.75, 3.05) is 7.05 Å². The lowest BCUT2D eigenvalue weighted by molar-refractivity contribution is 0.565. The molecular weight excluding hydrogens is 194 g/mol. The molecule has 1 nitrogen and oxygen atoms in total. The van der Waals surface area contributed by atoms with E-state index in [0.29, 0.717) is 6.04 Å². The van der Waals surface area contributed by atoms with Gasteiger partial charge in [0.2, 0.25) is 0 Å². The van der Waals surface area contributed by atoms with Gasteiger partial charge in [0, 0.05) is 6.04 Å². The normalized spacial score (nSPS) is 12.9. The lowest BCUT2D eigenvalue weighted by atomic mass is 10.0. The Morgan fingerprint density at radius 2 is 1.81 bits per heavy atom. The van der Waals surface area contributed by atoms with Crippen molar-refractivity contribution in [1.82, 2.24) is 5.32 Å². The Bertz CT molecular complexity index is 462. The predicted octanol–water partition coefficient (Wildman–Crippen LogP) is 3.38. The van der Waals surface area contributed by atoms with Crippen molar-refractivity contribution >= 4 is 10.8 Å². The van der Waals surface area contributed by atoms with Gasteiger partial charge in [-0.1, -0.05) is 42.5 Å². The number of hydrogen-bond acceptors (Lipinski definition) is 1. The first-order valence-electron chi connectivity index (χ1n) is 5.94. The molecular formula is C15H19N. The molecule has 1 N–H and O–H groups in total. The molecule has 0 saturated heterocycles. The molecule has 0 bridgehead atoms. The number of aryl methyl sites for hydroxylation is 1. The van der Waals surface area contributed by atoms with Gasteiger partial charge in [0.25, 0.3) is 0 Å². The molecule has 0 aliphatic rings. The molecule has 0 amide bonds. The summed E-state index contributed by atoms with van der Waals surface area (Å²) >= 11 is 0. The van der Waals surface area contributed by atoms with Gasteiger partial charge in [0.1, 0.15) is 0 Å². The highest BCUT2D eigenvalue weighted by Gasteiger charge is 2.00. The van der Waals surface area contributed by atoms with Crippen molar-refractivity contribution in [1.29, 1.82) is 0 Å². The summed E-state index contributed by atoms with van der Waals surface area (Å²) in [7, 11) is 2.02. The van der Waals surface area contributed by atoms with E-state index in [2.05, 4.69) is 54.7 Å². The highest BCUT2D eigenvalue weighted by Crippen LogP contribution is 2.16. The zero-order valence-corrected chi connectivity index (χ0v) is 10.0. The van der Waals surface area contributed by atoms with Gasteiger partial charge in [-0.2, -0.15) is 0 Å². The molecule has 1 heteroatoms.